The molecule has 6 rings (SSSR count). The molecule has 13 amide bonds. The predicted molar refractivity (Wildman–Crippen MR) is 353 cm³/mol. The van der Waals surface area contributed by atoms with Gasteiger partial charge in [-0.3, -0.25) is 48.5 Å². The zero-order chi connectivity index (χ0) is 67.9. The normalized spacial score (nSPS) is 21.5. The van der Waals surface area contributed by atoms with Gasteiger partial charge in [-0.25, -0.2) is 9.59 Å². The highest BCUT2D eigenvalue weighted by molar-refractivity contribution is 8.76. The van der Waals surface area contributed by atoms with Crippen LogP contribution in [0.2, 0.25) is 5.02 Å². The van der Waals surface area contributed by atoms with Gasteiger partial charge in [-0.2, -0.15) is 0 Å². The Morgan fingerprint density at radius 2 is 1.20 bits per heavy atom. The number of hydrogen-bond acceptors (Lipinski definition) is 18. The molecule has 4 aromatic rings. The number of benzene rings is 4. The number of anilines is 2. The number of phenols is 1. The van der Waals surface area contributed by atoms with E-state index in [0.717, 1.165) is 27.2 Å². The van der Waals surface area contributed by atoms with E-state index < -0.39 is 131 Å². The Bertz CT molecular complexity index is 3260. The molecule has 93 heavy (non-hydrogen) atoms. The van der Waals surface area contributed by atoms with Crippen molar-refractivity contribution in [3.63, 3.8) is 0 Å². The third-order valence-corrected chi connectivity index (χ3v) is 17.4. The Kier molecular flexibility index (Phi) is 28.1. The lowest BCUT2D eigenvalue weighted by molar-refractivity contribution is -0.134. The summed E-state index contributed by atoms with van der Waals surface area (Å²) < 4.78 is 0. The molecule has 0 spiro atoms. The van der Waals surface area contributed by atoms with E-state index >= 15 is 9.59 Å². The maximum absolute atomic E-state index is 15.2. The van der Waals surface area contributed by atoms with Crippen molar-refractivity contribution in [2.75, 3.05) is 35.2 Å². The molecule has 20 N–H and O–H groups in total. The van der Waals surface area contributed by atoms with Crippen LogP contribution in [0.3, 0.4) is 0 Å². The Hall–Kier alpha value is -8.52. The van der Waals surface area contributed by atoms with Crippen LogP contribution in [0.25, 0.3) is 0 Å². The number of rotatable bonds is 22. The number of aliphatic hydroxyl groups is 1. The zero-order valence-electron chi connectivity index (χ0n) is 51.8. The first kappa shape index (κ1) is 73.5. The highest BCUT2D eigenvalue weighted by Gasteiger charge is 2.36. The third-order valence-electron chi connectivity index (χ3n) is 14.7. The molecule has 2 heterocycles. The fourth-order valence-corrected chi connectivity index (χ4v) is 12.4. The molecule has 28 nitrogen and oxygen atoms in total. The fourth-order valence-electron chi connectivity index (χ4n) is 9.92. The summed E-state index contributed by atoms with van der Waals surface area (Å²) in [7, 11) is 2.01. The van der Waals surface area contributed by atoms with Crippen LogP contribution in [0.15, 0.2) is 97.1 Å². The molecule has 4 aromatic carbocycles. The second-order valence-corrected chi connectivity index (χ2v) is 26.6. The lowest BCUT2D eigenvalue weighted by Crippen LogP contribution is -2.61. The van der Waals surface area contributed by atoms with E-state index in [-0.39, 0.29) is 68.0 Å². The number of halogens is 1. The van der Waals surface area contributed by atoms with E-state index in [0.29, 0.717) is 46.8 Å². The van der Waals surface area contributed by atoms with Crippen molar-refractivity contribution in [3.05, 3.63) is 124 Å². The van der Waals surface area contributed by atoms with Crippen LogP contribution in [-0.2, 0) is 68.8 Å². The minimum Gasteiger partial charge on any atom is -0.508 e. The molecule has 0 aliphatic carbocycles. The summed E-state index contributed by atoms with van der Waals surface area (Å²) in [6.45, 7) is 7.04. The molecule has 0 bridgehead atoms. The summed E-state index contributed by atoms with van der Waals surface area (Å²) >= 11 is 6.22. The summed E-state index contributed by atoms with van der Waals surface area (Å²) in [5, 5.41) is 54.4. The second-order valence-electron chi connectivity index (χ2n) is 23.6. The summed E-state index contributed by atoms with van der Waals surface area (Å²) in [5.74, 6) is -7.61. The van der Waals surface area contributed by atoms with Crippen LogP contribution in [-0.4, -0.2) is 166 Å². The van der Waals surface area contributed by atoms with Gasteiger partial charge in [0, 0.05) is 65.3 Å². The van der Waals surface area contributed by atoms with Crippen molar-refractivity contribution >= 4 is 110 Å². The Morgan fingerprint density at radius 1 is 0.656 bits per heavy atom. The van der Waals surface area contributed by atoms with E-state index in [9.17, 15) is 53.4 Å². The number of imide groups is 1. The number of carbonyl (C=O) groups is 11. The number of urea groups is 2. The first-order chi connectivity index (χ1) is 44.1. The van der Waals surface area contributed by atoms with Gasteiger partial charge in [0.05, 0.1) is 18.6 Å². The number of aliphatic hydroxyl groups excluding tert-OH is 1. The molecular weight excluding hydrogens is 1260 g/mol. The SMILES string of the molecule is C[C@@H](O)[C@@H]1NC[C@H](CCCCN)NC(=O)[C@@H](Cc2ccc(NC(N)=O)cc2)NC(=O)[C@H](Cc2ccc(NC(=O)C3CC(=O)NC(=O)N3)cc2)NC(=O)[C@H](NC(=O)[C@H](Cc2ccc(Cl)cc2)NC(C)(C)C)CSSCC(C(=O)N[C@H](Cc2ccc(O)cc2)C(N)=O)NC1=O. The predicted octanol–water partition coefficient (Wildman–Crippen LogP) is 0.357. The van der Waals surface area contributed by atoms with E-state index in [1.54, 1.807) is 48.5 Å². The van der Waals surface area contributed by atoms with Gasteiger partial charge in [-0.05, 0) is 124 Å². The van der Waals surface area contributed by atoms with E-state index in [1.165, 1.54) is 55.5 Å². The molecule has 2 aliphatic rings. The van der Waals surface area contributed by atoms with Crippen molar-refractivity contribution in [3.8, 4) is 5.75 Å². The molecule has 2 unspecified atom stereocenters. The number of nitrogens with one attached hydrogen (secondary N) is 12. The highest BCUT2D eigenvalue weighted by atomic mass is 35.5. The number of aromatic hydroxyl groups is 1. The van der Waals surface area contributed by atoms with E-state index in [4.69, 9.17) is 28.8 Å². The quantitative estimate of drug-likeness (QED) is 0.0373. The summed E-state index contributed by atoms with van der Waals surface area (Å²) in [6, 6.07) is 11.8. The first-order valence-electron chi connectivity index (χ1n) is 30.0. The summed E-state index contributed by atoms with van der Waals surface area (Å²) in [6.07, 6.45) is -0.880. The lowest BCUT2D eigenvalue weighted by atomic mass is 10.00. The van der Waals surface area contributed by atoms with Crippen molar-refractivity contribution in [2.24, 2.45) is 17.2 Å². The fraction of sp³-hybridized carbons (Fsp3) is 0.435. The number of amides is 13. The van der Waals surface area contributed by atoms with Crippen LogP contribution in [0, 0.1) is 0 Å². The van der Waals surface area contributed by atoms with Gasteiger partial charge < -0.3 is 85.9 Å². The van der Waals surface area contributed by atoms with Crippen LogP contribution < -0.4 is 81.0 Å². The van der Waals surface area contributed by atoms with Crippen molar-refractivity contribution < 1.29 is 63.0 Å². The van der Waals surface area contributed by atoms with Crippen molar-refractivity contribution in [2.45, 2.75) is 145 Å². The van der Waals surface area contributed by atoms with Gasteiger partial charge in [-0.1, -0.05) is 88.1 Å². The van der Waals surface area contributed by atoms with Crippen molar-refractivity contribution in [1.29, 1.82) is 0 Å². The molecule has 0 radical (unpaired) electrons. The van der Waals surface area contributed by atoms with Crippen LogP contribution >= 0.6 is 33.2 Å². The summed E-state index contributed by atoms with van der Waals surface area (Å²) in [5.41, 5.74) is 19.1. The highest BCUT2D eigenvalue weighted by Crippen LogP contribution is 2.25. The molecule has 10 atom stereocenters. The smallest absolute Gasteiger partial charge is 0.322 e. The Labute approximate surface area is 550 Å². The van der Waals surface area contributed by atoms with Gasteiger partial charge in [-0.15, -0.1) is 0 Å². The van der Waals surface area contributed by atoms with Gasteiger partial charge in [0.2, 0.25) is 53.2 Å². The van der Waals surface area contributed by atoms with E-state index in [2.05, 4.69) is 63.8 Å². The maximum atomic E-state index is 15.2. The molecule has 2 fully saturated rings. The number of phenolic OH excluding ortho intramolecular Hbond substituents is 1. The minimum atomic E-state index is -1.52. The Balaban J connectivity index is 1.43. The molecule has 2 saturated heterocycles. The largest absolute Gasteiger partial charge is 0.508 e. The van der Waals surface area contributed by atoms with Crippen LogP contribution in [0.4, 0.5) is 21.0 Å². The van der Waals surface area contributed by atoms with Crippen LogP contribution in [0.1, 0.15) is 75.6 Å². The molecule has 0 saturated carbocycles. The number of carbonyl (C=O) groups excluding carboxylic acids is 11. The second kappa shape index (κ2) is 35.5. The molecular formula is C62H82ClN15O13S2. The lowest BCUT2D eigenvalue weighted by Gasteiger charge is -2.30. The average Bonchev–Trinajstić information content (AvgIpc) is 0.944. The standard InChI is InChI=1S/C62H82ClN15O13S2/c1-33(79)51-59(89)75-49(57(87)71-43(52(65)82)25-37-14-22-42(80)23-15-37)32-93-92-31-48(74-56(86)47(78-62(2,3)4)28-34-8-16-38(63)17-9-34)58(88)73-45(27-35-10-18-39(19-11-35)68-54(84)46-29-50(81)77-61(91)76-46)55(85)72-44(26-36-12-20-40(21-13-36)70-60(66)90)53(83)69-41(30-67-51)7-5-6-24-64/h8-23,33,41,43-49,51,67,78-80H,5-7,24-32,64H2,1-4H3,(H2,65,82)(H,68,84)(H,69,83)(H,71,87)(H,72,85)(H,73,88)(H,74,86)(H,75,89)(H3,66,70,90)(H2,76,77,81,91)/t33-,41+,43-,44-,45+,46?,47+,48-,49?,51+/m1/s1. The topological polar surface area (TPSA) is 451 Å². The van der Waals surface area contributed by atoms with Gasteiger partial charge >= 0.3 is 12.1 Å². The first-order valence-corrected chi connectivity index (χ1v) is 32.9. The molecule has 502 valence electrons. The molecule has 2 aliphatic heterocycles. The number of hydrogen-bond donors (Lipinski definition) is 17. The van der Waals surface area contributed by atoms with Gasteiger partial charge in [0.25, 0.3) is 0 Å². The Morgan fingerprint density at radius 3 is 1.76 bits per heavy atom. The van der Waals surface area contributed by atoms with Gasteiger partial charge in [0.1, 0.15) is 48.0 Å². The average molecular weight is 1350 g/mol. The van der Waals surface area contributed by atoms with Crippen LogP contribution in [0.5, 0.6) is 5.75 Å². The molecule has 0 aromatic heterocycles. The minimum absolute atomic E-state index is 0.0433. The molecule has 31 heteroatoms. The van der Waals surface area contributed by atoms with Gasteiger partial charge in [0.15, 0.2) is 0 Å². The maximum Gasteiger partial charge on any atom is 0.322 e. The number of unbranched alkanes of at least 4 members (excludes halogenated alkanes) is 1. The zero-order valence-corrected chi connectivity index (χ0v) is 54.2. The van der Waals surface area contributed by atoms with E-state index in [1.807, 2.05) is 20.8 Å². The monoisotopic (exact) mass is 1340 g/mol. The number of nitrogens with two attached hydrogens (primary N) is 3. The summed E-state index contributed by atoms with van der Waals surface area (Å²) in [4.78, 5) is 151. The van der Waals surface area contributed by atoms with Crippen molar-refractivity contribution in [1.82, 2.24) is 53.2 Å². The third kappa shape index (κ3) is 24.8. The number of primary amides is 2.